The lowest BCUT2D eigenvalue weighted by atomic mass is 9.67. The second-order valence-corrected chi connectivity index (χ2v) is 2.26. The van der Waals surface area contributed by atoms with Gasteiger partial charge in [-0.15, -0.1) is 0 Å². The van der Waals surface area contributed by atoms with Crippen LogP contribution in [0, 0.1) is 31.0 Å². The topological polar surface area (TPSA) is 66.8 Å². The van der Waals surface area contributed by atoms with Gasteiger partial charge in [-0.3, -0.25) is 4.79 Å². The maximum Gasteiger partial charge on any atom is 0.459 e. The molecule has 0 aliphatic heterocycles. The number of carbonyl (C=O) groups is 1. The molecule has 5 heteroatoms. The average Bonchev–Trinajstić information content (AvgIpc) is 2.50. The largest absolute Gasteiger partial charge is 0.469 e. The van der Waals surface area contributed by atoms with Crippen LogP contribution in [0.3, 0.4) is 0 Å². The van der Waals surface area contributed by atoms with Gasteiger partial charge in [0.05, 0.1) is 13.0 Å². The van der Waals surface area contributed by atoms with Crippen LogP contribution in [0.5, 0.6) is 0 Å². The van der Waals surface area contributed by atoms with E-state index >= 15 is 0 Å². The van der Waals surface area contributed by atoms with Crippen molar-refractivity contribution in [2.45, 2.75) is 0 Å². The Balaban J connectivity index is 2.57. The van der Waals surface area contributed by atoms with Crippen molar-refractivity contribution < 1.29 is 19.6 Å². The summed E-state index contributed by atoms with van der Waals surface area (Å²) >= 11 is 0. The van der Waals surface area contributed by atoms with E-state index in [2.05, 4.69) is 4.74 Å². The lowest BCUT2D eigenvalue weighted by Crippen LogP contribution is -2.30. The Morgan fingerprint density at radius 1 is 1.50 bits per heavy atom. The van der Waals surface area contributed by atoms with Gasteiger partial charge < -0.3 is 14.8 Å². The molecular formula is C7H8BO4. The Labute approximate surface area is 71.7 Å². The molecule has 0 atom stereocenters. The van der Waals surface area contributed by atoms with Crippen LogP contribution in [0.15, 0.2) is 0 Å². The molecule has 0 unspecified atom stereocenters. The molecule has 2 N–H and O–H groups in total. The molecule has 12 heavy (non-hydrogen) atoms. The van der Waals surface area contributed by atoms with Crippen molar-refractivity contribution >= 4 is 13.1 Å². The molecule has 0 bridgehead atoms. The zero-order valence-electron chi connectivity index (χ0n) is 6.52. The lowest BCUT2D eigenvalue weighted by molar-refractivity contribution is -0.137. The van der Waals surface area contributed by atoms with Crippen LogP contribution in [0.25, 0.3) is 0 Å². The number of carbonyl (C=O) groups excluding carboxylic acids is 1. The molecule has 1 fully saturated rings. The van der Waals surface area contributed by atoms with Crippen molar-refractivity contribution in [1.82, 2.24) is 0 Å². The van der Waals surface area contributed by atoms with E-state index < -0.39 is 13.1 Å². The number of rotatable bonds is 2. The third kappa shape index (κ3) is 1.79. The predicted molar refractivity (Wildman–Crippen MR) is 41.6 cm³/mol. The third-order valence-corrected chi connectivity index (χ3v) is 1.53. The van der Waals surface area contributed by atoms with Gasteiger partial charge >= 0.3 is 13.1 Å². The maximum absolute atomic E-state index is 11.0. The van der Waals surface area contributed by atoms with Gasteiger partial charge in [-0.25, -0.2) is 0 Å². The highest BCUT2D eigenvalue weighted by Gasteiger charge is 2.42. The molecule has 0 saturated heterocycles. The fraction of sp³-hybridized carbons (Fsp3) is 0.143. The summed E-state index contributed by atoms with van der Waals surface area (Å²) in [5.74, 6) is -0.211. The molecule has 0 spiro atoms. The van der Waals surface area contributed by atoms with Crippen LogP contribution in [-0.2, 0) is 9.53 Å². The Morgan fingerprint density at radius 3 is 2.67 bits per heavy atom. The number of methoxy groups -OCH3 is 1. The van der Waals surface area contributed by atoms with Crippen LogP contribution >= 0.6 is 0 Å². The Morgan fingerprint density at radius 2 is 2.17 bits per heavy atom. The van der Waals surface area contributed by atoms with Crippen LogP contribution < -0.4 is 0 Å². The highest BCUT2D eigenvalue weighted by molar-refractivity contribution is 6.52. The van der Waals surface area contributed by atoms with E-state index in [0.717, 1.165) is 0 Å². The average molecular weight is 167 g/mol. The number of hydrogen-bond donors (Lipinski definition) is 2. The third-order valence-electron chi connectivity index (χ3n) is 1.53. The van der Waals surface area contributed by atoms with Crippen molar-refractivity contribution in [3.63, 3.8) is 0 Å². The molecule has 4 nitrogen and oxygen atoms in total. The highest BCUT2D eigenvalue weighted by Crippen LogP contribution is 2.34. The number of esters is 1. The molecule has 1 aliphatic carbocycles. The fourth-order valence-electron chi connectivity index (χ4n) is 0.955. The van der Waals surface area contributed by atoms with Crippen LogP contribution in [0.2, 0.25) is 0 Å². The van der Waals surface area contributed by atoms with Crippen LogP contribution in [0.4, 0.5) is 0 Å². The minimum Gasteiger partial charge on any atom is -0.469 e. The van der Waals surface area contributed by atoms with E-state index in [1.807, 2.05) is 0 Å². The van der Waals surface area contributed by atoms with E-state index in [1.54, 1.807) is 6.42 Å². The van der Waals surface area contributed by atoms with Crippen molar-refractivity contribution in [1.29, 1.82) is 0 Å². The van der Waals surface area contributed by atoms with Crippen molar-refractivity contribution in [3.8, 4) is 0 Å². The summed E-state index contributed by atoms with van der Waals surface area (Å²) in [6.45, 7) is 0. The molecule has 1 saturated carbocycles. The monoisotopic (exact) mass is 167 g/mol. The second kappa shape index (κ2) is 3.91. The van der Waals surface area contributed by atoms with Crippen molar-refractivity contribution in [2.24, 2.45) is 0 Å². The number of hydrogen-bond acceptors (Lipinski definition) is 4. The minimum atomic E-state index is -1.63. The van der Waals surface area contributed by atoms with E-state index in [4.69, 9.17) is 10.0 Å². The normalized spacial score (nSPS) is 19.6. The summed E-state index contributed by atoms with van der Waals surface area (Å²) in [6, 6.07) is 0. The predicted octanol–water partition coefficient (Wildman–Crippen LogP) is -1.05. The Bertz CT molecular complexity index is 171. The van der Waals surface area contributed by atoms with Gasteiger partial charge in [0, 0.05) is 5.82 Å². The lowest BCUT2D eigenvalue weighted by Gasteiger charge is -2.13. The molecule has 1 rings (SSSR count). The summed E-state index contributed by atoms with van der Waals surface area (Å²) in [5.41, 5.74) is 0. The highest BCUT2D eigenvalue weighted by atomic mass is 16.5. The van der Waals surface area contributed by atoms with E-state index in [9.17, 15) is 4.79 Å². The summed E-state index contributed by atoms with van der Waals surface area (Å²) in [5, 5.41) is 17.6. The molecule has 0 heterocycles. The van der Waals surface area contributed by atoms with Crippen LogP contribution in [0.1, 0.15) is 0 Å². The van der Waals surface area contributed by atoms with Crippen LogP contribution in [-0.4, -0.2) is 30.2 Å². The van der Waals surface area contributed by atoms with E-state index in [0.29, 0.717) is 0 Å². The minimum absolute atomic E-state index is 0.168. The van der Waals surface area contributed by atoms with Gasteiger partial charge in [-0.1, -0.05) is 0 Å². The molecule has 1 aliphatic rings. The summed E-state index contributed by atoms with van der Waals surface area (Å²) in [6.07, 6.45) is 4.48. The molecule has 0 aromatic carbocycles. The smallest absolute Gasteiger partial charge is 0.459 e. The van der Waals surface area contributed by atoms with Gasteiger partial charge in [-0.2, -0.15) is 0 Å². The van der Waals surface area contributed by atoms with Gasteiger partial charge in [-0.05, 0) is 19.3 Å². The zero-order chi connectivity index (χ0) is 9.14. The van der Waals surface area contributed by atoms with Gasteiger partial charge in [0.15, 0.2) is 0 Å². The summed E-state index contributed by atoms with van der Waals surface area (Å²) < 4.78 is 4.42. The molecular weight excluding hydrogens is 159 g/mol. The molecule has 5 radical (unpaired) electrons. The van der Waals surface area contributed by atoms with E-state index in [1.165, 1.54) is 20.0 Å². The quantitative estimate of drug-likeness (QED) is 0.406. The first-order valence-electron chi connectivity index (χ1n) is 3.37. The molecule has 0 aromatic rings. The Kier molecular flexibility index (Phi) is 3.11. The standard InChI is InChI=1S/C7H8BO4/c1-12-7(9)5-3-2-4-6(5)8(10)11/h2-4,10-11H,1H3. The van der Waals surface area contributed by atoms with Crippen molar-refractivity contribution in [2.75, 3.05) is 7.11 Å². The van der Waals surface area contributed by atoms with Gasteiger partial charge in [0.2, 0.25) is 0 Å². The first-order valence-corrected chi connectivity index (χ1v) is 3.37. The van der Waals surface area contributed by atoms with Gasteiger partial charge in [0.1, 0.15) is 0 Å². The SMILES string of the molecule is COC(=O)[C]1[CH][CH][CH][C]1B(O)O. The number of ether oxygens (including phenoxy) is 1. The van der Waals surface area contributed by atoms with Crippen molar-refractivity contribution in [3.05, 3.63) is 31.0 Å². The summed E-state index contributed by atoms with van der Waals surface area (Å²) in [7, 11) is -0.392. The maximum atomic E-state index is 11.0. The first kappa shape index (κ1) is 9.54. The fourth-order valence-corrected chi connectivity index (χ4v) is 0.955. The Hall–Kier alpha value is -0.545. The summed E-state index contributed by atoms with van der Waals surface area (Å²) in [4.78, 5) is 11.0. The zero-order valence-corrected chi connectivity index (χ0v) is 6.52. The second-order valence-electron chi connectivity index (χ2n) is 2.26. The molecule has 63 valence electrons. The molecule has 0 aromatic heterocycles. The molecule has 0 amide bonds. The van der Waals surface area contributed by atoms with Gasteiger partial charge in [0.25, 0.3) is 0 Å². The first-order chi connectivity index (χ1) is 5.66. The van der Waals surface area contributed by atoms with E-state index in [-0.39, 0.29) is 11.7 Å².